The summed E-state index contributed by atoms with van der Waals surface area (Å²) in [6, 6.07) is 22.0. The quantitative estimate of drug-likeness (QED) is 0.294. The average Bonchev–Trinajstić information content (AvgIpc) is 3.48. The van der Waals surface area contributed by atoms with Gasteiger partial charge in [-0.05, 0) is 48.2 Å². The highest BCUT2D eigenvalue weighted by Crippen LogP contribution is 2.26. The second-order valence-corrected chi connectivity index (χ2v) is 13.5. The Kier molecular flexibility index (Phi) is 10.9. The van der Waals surface area contributed by atoms with Gasteiger partial charge in [0.25, 0.3) is 0 Å². The molecule has 11 heteroatoms. The molecule has 1 aliphatic carbocycles. The van der Waals surface area contributed by atoms with Gasteiger partial charge in [0.05, 0.1) is 5.69 Å². The van der Waals surface area contributed by atoms with E-state index in [-0.39, 0.29) is 24.9 Å². The molecule has 3 aromatic carbocycles. The van der Waals surface area contributed by atoms with Crippen molar-refractivity contribution in [1.29, 1.82) is 0 Å². The summed E-state index contributed by atoms with van der Waals surface area (Å²) in [5, 5.41) is 3.93. The molecule has 0 radical (unpaired) electrons. The Balaban J connectivity index is 1.76. The summed E-state index contributed by atoms with van der Waals surface area (Å²) in [7, 11) is -1.23. The zero-order chi connectivity index (χ0) is 30.3. The Morgan fingerprint density at radius 2 is 1.55 bits per heavy atom. The molecule has 1 N–H and O–H groups in total. The van der Waals surface area contributed by atoms with Crippen molar-refractivity contribution < 1.29 is 18.0 Å². The van der Waals surface area contributed by atoms with E-state index in [0.717, 1.165) is 39.9 Å². The number of para-hydroxylation sites is 1. The molecule has 1 saturated carbocycles. The first-order valence-corrected chi connectivity index (χ1v) is 16.0. The molecule has 0 heterocycles. The van der Waals surface area contributed by atoms with Crippen LogP contribution < -0.4 is 9.62 Å². The van der Waals surface area contributed by atoms with Crippen molar-refractivity contribution in [2.24, 2.45) is 0 Å². The minimum atomic E-state index is -4.06. The third kappa shape index (κ3) is 8.04. The van der Waals surface area contributed by atoms with Gasteiger partial charge in [-0.2, -0.15) is 12.7 Å². The largest absolute Gasteiger partial charge is 0.352 e. The Labute approximate surface area is 258 Å². The average molecular weight is 632 g/mol. The second-order valence-electron chi connectivity index (χ2n) is 10.6. The van der Waals surface area contributed by atoms with E-state index in [2.05, 4.69) is 5.32 Å². The summed E-state index contributed by atoms with van der Waals surface area (Å²) in [4.78, 5) is 29.7. The third-order valence-corrected chi connectivity index (χ3v) is 9.80. The fourth-order valence-corrected chi connectivity index (χ4v) is 6.59. The number of nitrogens with zero attached hydrogens (tertiary/aromatic N) is 3. The second kappa shape index (κ2) is 14.4. The van der Waals surface area contributed by atoms with Gasteiger partial charge in [-0.1, -0.05) is 90.6 Å². The predicted molar refractivity (Wildman–Crippen MR) is 168 cm³/mol. The third-order valence-electron chi connectivity index (χ3n) is 7.39. The molecule has 0 saturated heterocycles. The fourth-order valence-electron chi connectivity index (χ4n) is 5.07. The molecule has 3 aromatic rings. The molecule has 1 fully saturated rings. The minimum absolute atomic E-state index is 0.0188. The molecule has 42 heavy (non-hydrogen) atoms. The summed E-state index contributed by atoms with van der Waals surface area (Å²) in [5.41, 5.74) is 1.78. The first-order valence-electron chi connectivity index (χ1n) is 13.9. The van der Waals surface area contributed by atoms with Gasteiger partial charge < -0.3 is 10.2 Å². The number of hydrogen-bond donors (Lipinski definition) is 1. The molecule has 1 aliphatic rings. The van der Waals surface area contributed by atoms with Crippen molar-refractivity contribution in [2.45, 2.75) is 50.7 Å². The Morgan fingerprint density at radius 1 is 0.929 bits per heavy atom. The fraction of sp³-hybridized carbons (Fsp3) is 0.355. The maximum Gasteiger partial charge on any atom is 0.304 e. The molecule has 0 aliphatic heterocycles. The number of anilines is 1. The molecule has 1 atom stereocenters. The molecular weight excluding hydrogens is 595 g/mol. The van der Waals surface area contributed by atoms with Crippen LogP contribution in [0, 0.1) is 0 Å². The Bertz CT molecular complexity index is 1470. The number of amides is 2. The van der Waals surface area contributed by atoms with Crippen LogP contribution in [0.2, 0.25) is 10.0 Å². The van der Waals surface area contributed by atoms with Gasteiger partial charge in [0.2, 0.25) is 11.8 Å². The smallest absolute Gasteiger partial charge is 0.304 e. The lowest BCUT2D eigenvalue weighted by molar-refractivity contribution is -0.140. The minimum Gasteiger partial charge on any atom is -0.352 e. The Hall–Kier alpha value is -3.11. The first kappa shape index (κ1) is 31.8. The van der Waals surface area contributed by atoms with Crippen LogP contribution in [-0.2, 0) is 32.8 Å². The van der Waals surface area contributed by atoms with Crippen molar-refractivity contribution >= 4 is 50.9 Å². The van der Waals surface area contributed by atoms with Crippen molar-refractivity contribution in [1.82, 2.24) is 14.5 Å². The highest BCUT2D eigenvalue weighted by Gasteiger charge is 2.35. The molecule has 2 amide bonds. The van der Waals surface area contributed by atoms with Crippen LogP contribution in [0.4, 0.5) is 5.69 Å². The van der Waals surface area contributed by atoms with Crippen LogP contribution in [0.3, 0.4) is 0 Å². The number of hydrogen-bond acceptors (Lipinski definition) is 4. The summed E-state index contributed by atoms with van der Waals surface area (Å²) in [6.45, 7) is -0.535. The summed E-state index contributed by atoms with van der Waals surface area (Å²) in [5.74, 6) is -0.830. The van der Waals surface area contributed by atoms with E-state index in [1.165, 1.54) is 19.0 Å². The zero-order valence-corrected chi connectivity index (χ0v) is 26.1. The number of carbonyl (C=O) groups is 2. The van der Waals surface area contributed by atoms with E-state index in [4.69, 9.17) is 23.2 Å². The number of rotatable bonds is 12. The maximum absolute atomic E-state index is 14.3. The van der Waals surface area contributed by atoms with E-state index < -0.39 is 28.7 Å². The topological polar surface area (TPSA) is 90.0 Å². The van der Waals surface area contributed by atoms with Crippen LogP contribution in [0.5, 0.6) is 0 Å². The van der Waals surface area contributed by atoms with Crippen LogP contribution in [0.25, 0.3) is 0 Å². The number of halogens is 2. The highest BCUT2D eigenvalue weighted by atomic mass is 35.5. The van der Waals surface area contributed by atoms with Gasteiger partial charge in [0.1, 0.15) is 12.6 Å². The van der Waals surface area contributed by atoms with Crippen molar-refractivity contribution in [2.75, 3.05) is 24.9 Å². The molecule has 0 aromatic heterocycles. The van der Waals surface area contributed by atoms with E-state index in [1.807, 2.05) is 30.3 Å². The van der Waals surface area contributed by atoms with Crippen LogP contribution >= 0.6 is 23.2 Å². The van der Waals surface area contributed by atoms with Gasteiger partial charge in [0, 0.05) is 43.1 Å². The van der Waals surface area contributed by atoms with Gasteiger partial charge in [-0.3, -0.25) is 9.59 Å². The molecule has 0 bridgehead atoms. The van der Waals surface area contributed by atoms with Crippen LogP contribution in [0.15, 0.2) is 78.9 Å². The molecule has 1 unspecified atom stereocenters. The molecular formula is C31H36Cl2N4O4S. The number of carbonyl (C=O) groups excluding carboxylic acids is 2. The lowest BCUT2D eigenvalue weighted by atomic mass is 10.0. The lowest BCUT2D eigenvalue weighted by Gasteiger charge is -2.35. The molecule has 0 spiro atoms. The summed E-state index contributed by atoms with van der Waals surface area (Å²) >= 11 is 12.7. The van der Waals surface area contributed by atoms with E-state index >= 15 is 0 Å². The van der Waals surface area contributed by atoms with Crippen LogP contribution in [0.1, 0.15) is 36.8 Å². The maximum atomic E-state index is 14.3. The van der Waals surface area contributed by atoms with E-state index in [0.29, 0.717) is 21.3 Å². The van der Waals surface area contributed by atoms with Gasteiger partial charge in [-0.25, -0.2) is 4.31 Å². The van der Waals surface area contributed by atoms with Gasteiger partial charge in [-0.15, -0.1) is 0 Å². The van der Waals surface area contributed by atoms with Gasteiger partial charge in [0.15, 0.2) is 0 Å². The highest BCUT2D eigenvalue weighted by molar-refractivity contribution is 7.90. The summed E-state index contributed by atoms with van der Waals surface area (Å²) in [6.07, 6.45) is 4.06. The van der Waals surface area contributed by atoms with Crippen molar-refractivity contribution in [3.8, 4) is 0 Å². The Morgan fingerprint density at radius 3 is 2.14 bits per heavy atom. The molecule has 4 rings (SSSR count). The zero-order valence-electron chi connectivity index (χ0n) is 23.7. The number of nitrogens with one attached hydrogen (secondary N) is 1. The van der Waals surface area contributed by atoms with Crippen molar-refractivity contribution in [3.63, 3.8) is 0 Å². The van der Waals surface area contributed by atoms with Crippen LogP contribution in [-0.4, -0.2) is 62.2 Å². The first-order chi connectivity index (χ1) is 20.1. The van der Waals surface area contributed by atoms with Crippen molar-refractivity contribution in [3.05, 3.63) is 100 Å². The standard InChI is InChI=1S/C31H36Cl2N4O4S/c1-35(2)42(40,41)37(27-15-7-4-8-16-27)22-30(38)36(21-24-17-18-25(32)20-28(24)33)29(19-23-11-5-3-6-12-23)31(39)34-26-13-9-10-14-26/h3-8,11-12,15-18,20,26,29H,9-10,13-14,19,21-22H2,1-2H3,(H,34,39). The summed E-state index contributed by atoms with van der Waals surface area (Å²) < 4.78 is 29.0. The predicted octanol–water partition coefficient (Wildman–Crippen LogP) is 5.31. The molecule has 224 valence electrons. The van der Waals surface area contributed by atoms with E-state index in [9.17, 15) is 18.0 Å². The normalized spacial score (nSPS) is 14.5. The monoisotopic (exact) mass is 630 g/mol. The van der Waals surface area contributed by atoms with Gasteiger partial charge >= 0.3 is 10.2 Å². The SMILES string of the molecule is CN(C)S(=O)(=O)N(CC(=O)N(Cc1ccc(Cl)cc1Cl)C(Cc1ccccc1)C(=O)NC1CCCC1)c1ccccc1. The number of benzene rings is 3. The lowest BCUT2D eigenvalue weighted by Crippen LogP contribution is -2.55. The van der Waals surface area contributed by atoms with E-state index in [1.54, 1.807) is 48.5 Å². The molecule has 8 nitrogen and oxygen atoms in total.